The largest absolute Gasteiger partial charge is 0.504 e. The van der Waals surface area contributed by atoms with Crippen LogP contribution in [0.1, 0.15) is 21.5 Å². The average molecular weight is 345 g/mol. The molecule has 0 unspecified atom stereocenters. The van der Waals surface area contributed by atoms with E-state index in [2.05, 4.69) is 15.9 Å². The van der Waals surface area contributed by atoms with E-state index in [9.17, 15) is 14.7 Å². The Kier molecular flexibility index (Phi) is 4.70. The van der Waals surface area contributed by atoms with Crippen LogP contribution < -0.4 is 5.43 Å². The summed E-state index contributed by atoms with van der Waals surface area (Å²) in [5.41, 5.74) is 1.35. The molecule has 4 heteroatoms. The summed E-state index contributed by atoms with van der Waals surface area (Å²) in [6.07, 6.45) is 3.00. The molecule has 0 radical (unpaired) electrons. The van der Waals surface area contributed by atoms with Gasteiger partial charge in [0.15, 0.2) is 11.5 Å². The summed E-state index contributed by atoms with van der Waals surface area (Å²) in [6.45, 7) is 1.96. The van der Waals surface area contributed by atoms with Crippen molar-refractivity contribution in [3.05, 3.63) is 79.9 Å². The first-order valence-electron chi connectivity index (χ1n) is 6.29. The molecule has 0 saturated heterocycles. The fourth-order valence-corrected chi connectivity index (χ4v) is 2.21. The molecule has 2 aromatic rings. The molecule has 0 aliphatic rings. The van der Waals surface area contributed by atoms with Gasteiger partial charge in [0.25, 0.3) is 0 Å². The van der Waals surface area contributed by atoms with Gasteiger partial charge in [0.2, 0.25) is 5.43 Å². The summed E-state index contributed by atoms with van der Waals surface area (Å²) >= 11 is 3.21. The zero-order chi connectivity index (χ0) is 15.4. The summed E-state index contributed by atoms with van der Waals surface area (Å²) in [5.74, 6) is -0.970. The van der Waals surface area contributed by atoms with Crippen LogP contribution in [-0.4, -0.2) is 10.9 Å². The highest BCUT2D eigenvalue weighted by atomic mass is 79.9. The third-order valence-corrected chi connectivity index (χ3v) is 3.39. The lowest BCUT2D eigenvalue weighted by atomic mass is 10.1. The van der Waals surface area contributed by atoms with Gasteiger partial charge in [0, 0.05) is 4.47 Å². The maximum absolute atomic E-state index is 12.2. The van der Waals surface area contributed by atoms with Crippen LogP contribution in [0, 0.1) is 6.92 Å². The third-order valence-electron chi connectivity index (χ3n) is 2.90. The Morgan fingerprint density at radius 3 is 2.67 bits per heavy atom. The van der Waals surface area contributed by atoms with Gasteiger partial charge in [0.1, 0.15) is 0 Å². The van der Waals surface area contributed by atoms with Crippen molar-refractivity contribution in [2.45, 2.75) is 6.92 Å². The van der Waals surface area contributed by atoms with Gasteiger partial charge in [-0.2, -0.15) is 0 Å². The van der Waals surface area contributed by atoms with E-state index < -0.39 is 17.0 Å². The standard InChI is InChI=1S/C17H13BrO3/c1-11-3-2-4-12(9-11)5-7-15(19)14-10-13(18)6-8-16(20)17(14)21/h2-10H,1H3,(H,20,21). The zero-order valence-electron chi connectivity index (χ0n) is 11.3. The van der Waals surface area contributed by atoms with Gasteiger partial charge in [-0.25, -0.2) is 0 Å². The van der Waals surface area contributed by atoms with Gasteiger partial charge in [-0.15, -0.1) is 0 Å². The molecule has 2 aromatic carbocycles. The Morgan fingerprint density at radius 1 is 1.19 bits per heavy atom. The van der Waals surface area contributed by atoms with Crippen LogP contribution >= 0.6 is 15.9 Å². The van der Waals surface area contributed by atoms with Crippen molar-refractivity contribution in [1.82, 2.24) is 0 Å². The van der Waals surface area contributed by atoms with E-state index in [-0.39, 0.29) is 5.56 Å². The topological polar surface area (TPSA) is 54.4 Å². The molecule has 0 bridgehead atoms. The molecule has 0 aliphatic carbocycles. The van der Waals surface area contributed by atoms with Gasteiger partial charge in [-0.1, -0.05) is 51.8 Å². The highest BCUT2D eigenvalue weighted by Gasteiger charge is 2.10. The molecule has 0 saturated carbocycles. The van der Waals surface area contributed by atoms with Crippen LogP contribution in [0.2, 0.25) is 0 Å². The minimum Gasteiger partial charge on any atom is -0.504 e. The maximum atomic E-state index is 12.2. The predicted molar refractivity (Wildman–Crippen MR) is 86.6 cm³/mol. The van der Waals surface area contributed by atoms with E-state index in [1.165, 1.54) is 24.3 Å². The smallest absolute Gasteiger partial charge is 0.220 e. The third kappa shape index (κ3) is 3.89. The SMILES string of the molecule is Cc1cccc(C=CC(=O)c2cc(Br)ccc(=O)c2O)c1. The van der Waals surface area contributed by atoms with E-state index in [1.54, 1.807) is 6.08 Å². The predicted octanol–water partition coefficient (Wildman–Crippen LogP) is 3.72. The van der Waals surface area contributed by atoms with Crippen molar-refractivity contribution in [2.24, 2.45) is 0 Å². The highest BCUT2D eigenvalue weighted by Crippen LogP contribution is 2.17. The molecule has 0 atom stereocenters. The average Bonchev–Trinajstić information content (AvgIpc) is 2.58. The molecule has 0 heterocycles. The van der Waals surface area contributed by atoms with Crippen LogP contribution in [0.5, 0.6) is 5.75 Å². The van der Waals surface area contributed by atoms with Crippen LogP contribution in [0.25, 0.3) is 6.08 Å². The summed E-state index contributed by atoms with van der Waals surface area (Å²) < 4.78 is 0.548. The van der Waals surface area contributed by atoms with Crippen molar-refractivity contribution in [3.8, 4) is 5.75 Å². The number of hydrogen-bond donors (Lipinski definition) is 1. The number of carbonyl (C=O) groups is 1. The van der Waals surface area contributed by atoms with E-state index in [1.807, 2.05) is 31.2 Å². The van der Waals surface area contributed by atoms with Gasteiger partial charge in [-0.05, 0) is 36.8 Å². The molecular formula is C17H13BrO3. The number of rotatable bonds is 3. The first-order valence-corrected chi connectivity index (χ1v) is 7.08. The fourth-order valence-electron chi connectivity index (χ4n) is 1.84. The number of allylic oxidation sites excluding steroid dienone is 1. The number of aryl methyl sites for hydroxylation is 1. The Balaban J connectivity index is 2.38. The van der Waals surface area contributed by atoms with Gasteiger partial charge in [-0.3, -0.25) is 9.59 Å². The van der Waals surface area contributed by atoms with Gasteiger partial charge >= 0.3 is 0 Å². The molecule has 2 rings (SSSR count). The Hall–Kier alpha value is -2.20. The van der Waals surface area contributed by atoms with Gasteiger partial charge in [0.05, 0.1) is 5.56 Å². The van der Waals surface area contributed by atoms with Crippen molar-refractivity contribution in [1.29, 1.82) is 0 Å². The van der Waals surface area contributed by atoms with Crippen LogP contribution in [0.4, 0.5) is 0 Å². The normalized spacial score (nSPS) is 10.8. The molecule has 0 aromatic heterocycles. The van der Waals surface area contributed by atoms with Crippen molar-refractivity contribution in [3.63, 3.8) is 0 Å². The number of carbonyl (C=O) groups excluding carboxylic acids is 1. The number of aromatic hydroxyl groups is 1. The molecule has 0 aliphatic heterocycles. The lowest BCUT2D eigenvalue weighted by Gasteiger charge is -1.97. The monoisotopic (exact) mass is 344 g/mol. The second-order valence-corrected chi connectivity index (χ2v) is 5.52. The van der Waals surface area contributed by atoms with Crippen molar-refractivity contribution >= 4 is 27.8 Å². The molecular weight excluding hydrogens is 332 g/mol. The van der Waals surface area contributed by atoms with Crippen molar-refractivity contribution in [2.75, 3.05) is 0 Å². The van der Waals surface area contributed by atoms with E-state index in [0.29, 0.717) is 4.47 Å². The highest BCUT2D eigenvalue weighted by molar-refractivity contribution is 9.10. The van der Waals surface area contributed by atoms with Crippen LogP contribution in [-0.2, 0) is 0 Å². The minimum atomic E-state index is -0.590. The second kappa shape index (κ2) is 6.50. The van der Waals surface area contributed by atoms with Gasteiger partial charge < -0.3 is 5.11 Å². The Bertz CT molecular complexity index is 779. The number of benzene rings is 1. The first-order chi connectivity index (χ1) is 9.97. The van der Waals surface area contributed by atoms with E-state index >= 15 is 0 Å². The van der Waals surface area contributed by atoms with Crippen LogP contribution in [0.3, 0.4) is 0 Å². The summed E-state index contributed by atoms with van der Waals surface area (Å²) in [4.78, 5) is 23.7. The second-order valence-electron chi connectivity index (χ2n) is 4.60. The fraction of sp³-hybridized carbons (Fsp3) is 0.0588. The molecule has 21 heavy (non-hydrogen) atoms. The maximum Gasteiger partial charge on any atom is 0.220 e. The quantitative estimate of drug-likeness (QED) is 0.681. The minimum absolute atomic E-state index is 0.0271. The summed E-state index contributed by atoms with van der Waals surface area (Å²) in [5, 5.41) is 9.81. The number of ketones is 1. The van der Waals surface area contributed by atoms with Crippen molar-refractivity contribution < 1.29 is 9.90 Å². The van der Waals surface area contributed by atoms with E-state index in [4.69, 9.17) is 0 Å². The number of hydrogen-bond acceptors (Lipinski definition) is 3. The molecule has 3 nitrogen and oxygen atoms in total. The van der Waals surface area contributed by atoms with E-state index in [0.717, 1.165) is 11.1 Å². The van der Waals surface area contributed by atoms with Crippen LogP contribution in [0.15, 0.2) is 57.8 Å². The molecule has 0 amide bonds. The first kappa shape index (κ1) is 15.2. The molecule has 106 valence electrons. The molecule has 1 N–H and O–H groups in total. The molecule has 0 spiro atoms. The summed E-state index contributed by atoms with van der Waals surface area (Å²) in [6, 6.07) is 11.8. The Morgan fingerprint density at radius 2 is 1.95 bits per heavy atom. The lowest BCUT2D eigenvalue weighted by Crippen LogP contribution is -2.01. The number of halogens is 1. The molecule has 0 fully saturated rings. The summed E-state index contributed by atoms with van der Waals surface area (Å²) in [7, 11) is 0. The lowest BCUT2D eigenvalue weighted by molar-refractivity contribution is 0.104. The Labute approximate surface area is 130 Å². The zero-order valence-corrected chi connectivity index (χ0v) is 12.9.